The molecule has 21 heavy (non-hydrogen) atoms. The van der Waals surface area contributed by atoms with Crippen LogP contribution in [0.4, 0.5) is 0 Å². The van der Waals surface area contributed by atoms with Crippen LogP contribution in [0, 0.1) is 0 Å². The van der Waals surface area contributed by atoms with Crippen LogP contribution in [-0.4, -0.2) is 67.8 Å². The lowest BCUT2D eigenvalue weighted by molar-refractivity contribution is -0.132. The number of nitrogens with one attached hydrogen (secondary N) is 1. The normalized spacial score (nSPS) is 19.8. The molecule has 1 N–H and O–H groups in total. The van der Waals surface area contributed by atoms with Crippen molar-refractivity contribution in [1.29, 1.82) is 0 Å². The molecule has 1 aliphatic rings. The van der Waals surface area contributed by atoms with Crippen molar-refractivity contribution in [3.63, 3.8) is 0 Å². The third-order valence-corrected chi connectivity index (χ3v) is 5.21. The van der Waals surface area contributed by atoms with Gasteiger partial charge in [0.1, 0.15) is 4.90 Å². The number of hydrogen-bond donors (Lipinski definition) is 1. The van der Waals surface area contributed by atoms with Crippen molar-refractivity contribution in [3.05, 3.63) is 24.5 Å². The summed E-state index contributed by atoms with van der Waals surface area (Å²) in [6, 6.07) is 3.25. The van der Waals surface area contributed by atoms with Crippen molar-refractivity contribution >= 4 is 15.9 Å². The molecule has 1 aromatic heterocycles. The van der Waals surface area contributed by atoms with Gasteiger partial charge in [0.2, 0.25) is 15.9 Å². The Labute approximate surface area is 125 Å². The number of likely N-dealkylation sites (N-methyl/N-ethyl adjacent to an activating group) is 1. The number of nitrogens with zero attached hydrogens (tertiary/aromatic N) is 3. The first-order valence-corrected chi connectivity index (χ1v) is 8.23. The Morgan fingerprint density at radius 2 is 2.33 bits per heavy atom. The van der Waals surface area contributed by atoms with Crippen molar-refractivity contribution in [3.8, 4) is 0 Å². The zero-order chi connectivity index (χ0) is 15.5. The van der Waals surface area contributed by atoms with Crippen LogP contribution in [-0.2, 0) is 14.8 Å². The summed E-state index contributed by atoms with van der Waals surface area (Å²) in [7, 11) is -2.27. The van der Waals surface area contributed by atoms with Crippen LogP contribution in [0.1, 0.15) is 6.92 Å². The van der Waals surface area contributed by atoms with Crippen LogP contribution in [0.15, 0.2) is 29.4 Å². The standard InChI is InChI=1S/C13H20N4O3S/c1-11-9-17(7-6-15-11)13(18)10-16(2)21(19,20)12-4-3-5-14-8-12/h3-5,8,11,15H,6-7,9-10H2,1-2H3. The fourth-order valence-corrected chi connectivity index (χ4v) is 3.30. The van der Waals surface area contributed by atoms with Gasteiger partial charge < -0.3 is 10.2 Å². The van der Waals surface area contributed by atoms with E-state index in [1.807, 2.05) is 6.92 Å². The fourth-order valence-electron chi connectivity index (χ4n) is 2.21. The predicted octanol–water partition coefficient (Wildman–Crippen LogP) is -0.478. The van der Waals surface area contributed by atoms with E-state index in [2.05, 4.69) is 10.3 Å². The highest BCUT2D eigenvalue weighted by atomic mass is 32.2. The molecule has 116 valence electrons. The number of pyridine rings is 1. The number of amides is 1. The molecular weight excluding hydrogens is 292 g/mol. The molecule has 1 unspecified atom stereocenters. The molecule has 1 amide bonds. The lowest BCUT2D eigenvalue weighted by atomic mass is 10.2. The third kappa shape index (κ3) is 3.78. The van der Waals surface area contributed by atoms with Crippen molar-refractivity contribution < 1.29 is 13.2 Å². The van der Waals surface area contributed by atoms with E-state index >= 15 is 0 Å². The van der Waals surface area contributed by atoms with E-state index in [1.165, 1.54) is 25.5 Å². The molecule has 0 spiro atoms. The maximum atomic E-state index is 12.3. The monoisotopic (exact) mass is 312 g/mol. The molecule has 2 heterocycles. The molecular formula is C13H20N4O3S. The van der Waals surface area contributed by atoms with Gasteiger partial charge in [0, 0.05) is 45.1 Å². The van der Waals surface area contributed by atoms with Gasteiger partial charge in [0.15, 0.2) is 0 Å². The minimum absolute atomic E-state index is 0.0916. The van der Waals surface area contributed by atoms with Gasteiger partial charge in [-0.3, -0.25) is 9.78 Å². The minimum atomic E-state index is -3.68. The van der Waals surface area contributed by atoms with E-state index < -0.39 is 10.0 Å². The van der Waals surface area contributed by atoms with Gasteiger partial charge in [-0.15, -0.1) is 0 Å². The van der Waals surface area contributed by atoms with E-state index in [9.17, 15) is 13.2 Å². The second kappa shape index (κ2) is 6.50. The summed E-state index contributed by atoms with van der Waals surface area (Å²) in [5, 5.41) is 3.24. The van der Waals surface area contributed by atoms with Gasteiger partial charge in [0.25, 0.3) is 0 Å². The molecule has 8 heteroatoms. The molecule has 0 bridgehead atoms. The Morgan fingerprint density at radius 1 is 1.57 bits per heavy atom. The lowest BCUT2D eigenvalue weighted by Gasteiger charge is -2.32. The highest BCUT2D eigenvalue weighted by Gasteiger charge is 2.27. The summed E-state index contributed by atoms with van der Waals surface area (Å²) in [5.74, 6) is -0.182. The molecule has 1 saturated heterocycles. The summed E-state index contributed by atoms with van der Waals surface area (Å²) in [5.41, 5.74) is 0. The Balaban J connectivity index is 2.04. The smallest absolute Gasteiger partial charge is 0.244 e. The number of aromatic nitrogens is 1. The van der Waals surface area contributed by atoms with E-state index in [0.717, 1.165) is 10.8 Å². The van der Waals surface area contributed by atoms with Crippen molar-refractivity contribution in [2.24, 2.45) is 0 Å². The number of hydrogen-bond acceptors (Lipinski definition) is 5. The van der Waals surface area contributed by atoms with E-state index in [1.54, 1.807) is 11.0 Å². The molecule has 7 nitrogen and oxygen atoms in total. The Bertz CT molecular complexity index is 591. The summed E-state index contributed by atoms with van der Waals surface area (Å²) in [6.07, 6.45) is 2.79. The second-order valence-electron chi connectivity index (χ2n) is 5.14. The summed E-state index contributed by atoms with van der Waals surface area (Å²) in [4.78, 5) is 17.8. The summed E-state index contributed by atoms with van der Waals surface area (Å²) < 4.78 is 25.7. The van der Waals surface area contributed by atoms with Crippen LogP contribution >= 0.6 is 0 Å². The zero-order valence-corrected chi connectivity index (χ0v) is 13.0. The first kappa shape index (κ1) is 15.9. The van der Waals surface area contributed by atoms with Crippen molar-refractivity contribution in [2.75, 3.05) is 33.2 Å². The topological polar surface area (TPSA) is 82.6 Å². The number of rotatable bonds is 4. The molecule has 1 atom stereocenters. The van der Waals surface area contributed by atoms with E-state index in [0.29, 0.717) is 13.1 Å². The van der Waals surface area contributed by atoms with Crippen LogP contribution in [0.5, 0.6) is 0 Å². The van der Waals surface area contributed by atoms with Gasteiger partial charge in [-0.05, 0) is 19.1 Å². The van der Waals surface area contributed by atoms with Gasteiger partial charge in [-0.1, -0.05) is 0 Å². The predicted molar refractivity (Wildman–Crippen MR) is 78.1 cm³/mol. The first-order valence-electron chi connectivity index (χ1n) is 6.79. The molecule has 0 saturated carbocycles. The number of sulfonamides is 1. The van der Waals surface area contributed by atoms with Gasteiger partial charge >= 0.3 is 0 Å². The largest absolute Gasteiger partial charge is 0.339 e. The number of piperazine rings is 1. The van der Waals surface area contributed by atoms with Crippen LogP contribution < -0.4 is 5.32 Å². The van der Waals surface area contributed by atoms with Gasteiger partial charge in [0.05, 0.1) is 6.54 Å². The van der Waals surface area contributed by atoms with Gasteiger partial charge in [-0.25, -0.2) is 8.42 Å². The second-order valence-corrected chi connectivity index (χ2v) is 7.19. The summed E-state index contributed by atoms with van der Waals surface area (Å²) in [6.45, 7) is 3.76. The first-order chi connectivity index (χ1) is 9.91. The Morgan fingerprint density at radius 3 is 2.95 bits per heavy atom. The van der Waals surface area contributed by atoms with E-state index in [4.69, 9.17) is 0 Å². The van der Waals surface area contributed by atoms with Crippen molar-refractivity contribution in [2.45, 2.75) is 17.9 Å². The Hall–Kier alpha value is -1.51. The quantitative estimate of drug-likeness (QED) is 0.812. The molecule has 0 aromatic carbocycles. The highest BCUT2D eigenvalue weighted by Crippen LogP contribution is 2.12. The minimum Gasteiger partial charge on any atom is -0.339 e. The third-order valence-electron chi connectivity index (χ3n) is 3.42. The molecule has 0 aliphatic carbocycles. The maximum Gasteiger partial charge on any atom is 0.244 e. The van der Waals surface area contributed by atoms with Gasteiger partial charge in [-0.2, -0.15) is 4.31 Å². The molecule has 0 radical (unpaired) electrons. The maximum absolute atomic E-state index is 12.3. The molecule has 1 aliphatic heterocycles. The fraction of sp³-hybridized carbons (Fsp3) is 0.538. The van der Waals surface area contributed by atoms with Crippen molar-refractivity contribution in [1.82, 2.24) is 19.5 Å². The molecule has 2 rings (SSSR count). The number of carbonyl (C=O) groups excluding carboxylic acids is 1. The average molecular weight is 312 g/mol. The molecule has 1 fully saturated rings. The number of carbonyl (C=O) groups is 1. The van der Waals surface area contributed by atoms with Crippen LogP contribution in [0.25, 0.3) is 0 Å². The highest BCUT2D eigenvalue weighted by molar-refractivity contribution is 7.89. The lowest BCUT2D eigenvalue weighted by Crippen LogP contribution is -2.53. The van der Waals surface area contributed by atoms with E-state index in [-0.39, 0.29) is 23.4 Å². The zero-order valence-electron chi connectivity index (χ0n) is 12.2. The van der Waals surface area contributed by atoms with Crippen LogP contribution in [0.2, 0.25) is 0 Å². The van der Waals surface area contributed by atoms with Crippen LogP contribution in [0.3, 0.4) is 0 Å². The average Bonchev–Trinajstić information content (AvgIpc) is 2.48. The summed E-state index contributed by atoms with van der Waals surface area (Å²) >= 11 is 0. The Kier molecular flexibility index (Phi) is 4.92. The SMILES string of the molecule is CC1CN(C(=O)CN(C)S(=O)(=O)c2cccnc2)CCN1. The molecule has 1 aromatic rings.